The van der Waals surface area contributed by atoms with Crippen LogP contribution < -0.4 is 10.1 Å². The summed E-state index contributed by atoms with van der Waals surface area (Å²) in [6, 6.07) is 0. The van der Waals surface area contributed by atoms with Crippen LogP contribution in [0.15, 0.2) is 6.20 Å². The first kappa shape index (κ1) is 14.3. The van der Waals surface area contributed by atoms with Gasteiger partial charge >= 0.3 is 0 Å². The molecule has 0 aromatic carbocycles. The van der Waals surface area contributed by atoms with Crippen LogP contribution in [0.2, 0.25) is 0 Å². The van der Waals surface area contributed by atoms with E-state index >= 15 is 0 Å². The second-order valence-corrected chi connectivity index (χ2v) is 5.96. The van der Waals surface area contributed by atoms with Crippen molar-refractivity contribution in [1.82, 2.24) is 10.3 Å². The molecular weight excluding hydrogens is 236 g/mol. The third kappa shape index (κ3) is 3.47. The highest BCUT2D eigenvalue weighted by molar-refractivity contribution is 5.40. The maximum atomic E-state index is 5.44. The minimum absolute atomic E-state index is 0.841. The molecule has 1 saturated carbocycles. The van der Waals surface area contributed by atoms with Gasteiger partial charge in [-0.1, -0.05) is 13.3 Å². The average molecular weight is 262 g/mol. The summed E-state index contributed by atoms with van der Waals surface area (Å²) in [5.74, 6) is 2.73. The van der Waals surface area contributed by atoms with E-state index in [-0.39, 0.29) is 0 Å². The van der Waals surface area contributed by atoms with Crippen LogP contribution in [0.3, 0.4) is 0 Å². The number of hydrogen-bond donors (Lipinski definition) is 1. The molecule has 19 heavy (non-hydrogen) atoms. The molecule has 1 fully saturated rings. The topological polar surface area (TPSA) is 34.1 Å². The summed E-state index contributed by atoms with van der Waals surface area (Å²) in [5.41, 5.74) is 3.37. The highest BCUT2D eigenvalue weighted by atomic mass is 16.5. The molecule has 0 spiro atoms. The van der Waals surface area contributed by atoms with Gasteiger partial charge < -0.3 is 10.1 Å². The molecule has 1 heterocycles. The lowest BCUT2D eigenvalue weighted by atomic mass is 10.1. The van der Waals surface area contributed by atoms with E-state index in [1.807, 2.05) is 13.1 Å². The van der Waals surface area contributed by atoms with E-state index in [1.54, 1.807) is 7.11 Å². The Hall–Kier alpha value is -1.09. The van der Waals surface area contributed by atoms with Crippen LogP contribution in [0.25, 0.3) is 0 Å². The van der Waals surface area contributed by atoms with Gasteiger partial charge in [0.05, 0.1) is 12.8 Å². The number of aryl methyl sites for hydroxylation is 1. The first-order valence-corrected chi connectivity index (χ1v) is 7.31. The highest BCUT2D eigenvalue weighted by Crippen LogP contribution is 2.29. The lowest BCUT2D eigenvalue weighted by Crippen LogP contribution is -2.22. The number of hydrogen-bond acceptors (Lipinski definition) is 3. The molecule has 106 valence electrons. The third-order valence-corrected chi connectivity index (χ3v) is 4.28. The summed E-state index contributed by atoms with van der Waals surface area (Å²) in [5, 5.41) is 3.56. The zero-order valence-electron chi connectivity index (χ0n) is 12.6. The monoisotopic (exact) mass is 262 g/mol. The predicted molar refractivity (Wildman–Crippen MR) is 78.5 cm³/mol. The Morgan fingerprint density at radius 3 is 2.79 bits per heavy atom. The first-order valence-electron chi connectivity index (χ1n) is 7.31. The maximum Gasteiger partial charge on any atom is 0.128 e. The van der Waals surface area contributed by atoms with Gasteiger partial charge in [-0.25, -0.2) is 0 Å². The van der Waals surface area contributed by atoms with Crippen LogP contribution in [-0.2, 0) is 6.54 Å². The molecule has 0 radical (unpaired) electrons. The van der Waals surface area contributed by atoms with Crippen molar-refractivity contribution in [3.63, 3.8) is 0 Å². The van der Waals surface area contributed by atoms with Crippen LogP contribution >= 0.6 is 0 Å². The summed E-state index contributed by atoms with van der Waals surface area (Å²) in [4.78, 5) is 4.52. The fourth-order valence-corrected chi connectivity index (χ4v) is 3.15. The number of aromatic nitrogens is 1. The molecule has 3 heteroatoms. The smallest absolute Gasteiger partial charge is 0.128 e. The molecule has 1 aromatic heterocycles. The Morgan fingerprint density at radius 2 is 2.16 bits per heavy atom. The van der Waals surface area contributed by atoms with Crippen molar-refractivity contribution in [1.29, 1.82) is 0 Å². The molecule has 0 amide bonds. The molecule has 1 aromatic rings. The number of nitrogens with one attached hydrogen (secondary N) is 1. The SMILES string of the molecule is COc1c(C)cnc(CNCC2CCC(C)C2)c1C. The molecule has 1 aliphatic rings. The highest BCUT2D eigenvalue weighted by Gasteiger charge is 2.20. The summed E-state index contributed by atoms with van der Waals surface area (Å²) in [6.07, 6.45) is 6.04. The summed E-state index contributed by atoms with van der Waals surface area (Å²) < 4.78 is 5.44. The number of pyridine rings is 1. The van der Waals surface area contributed by atoms with Gasteiger partial charge in [-0.3, -0.25) is 4.98 Å². The Balaban J connectivity index is 1.89. The van der Waals surface area contributed by atoms with Gasteiger partial charge in [0.1, 0.15) is 5.75 Å². The molecule has 2 rings (SSSR count). The van der Waals surface area contributed by atoms with E-state index in [0.29, 0.717) is 0 Å². The molecule has 3 nitrogen and oxygen atoms in total. The van der Waals surface area contributed by atoms with Crippen molar-refractivity contribution in [2.45, 2.75) is 46.6 Å². The van der Waals surface area contributed by atoms with Gasteiger partial charge in [-0.15, -0.1) is 0 Å². The van der Waals surface area contributed by atoms with Crippen LogP contribution in [0.5, 0.6) is 5.75 Å². The minimum Gasteiger partial charge on any atom is -0.496 e. The fourth-order valence-electron chi connectivity index (χ4n) is 3.15. The number of ether oxygens (including phenoxy) is 1. The second-order valence-electron chi connectivity index (χ2n) is 5.96. The van der Waals surface area contributed by atoms with Crippen LogP contribution in [0.4, 0.5) is 0 Å². The maximum absolute atomic E-state index is 5.44. The molecule has 0 aliphatic heterocycles. The van der Waals surface area contributed by atoms with Crippen LogP contribution in [0, 0.1) is 25.7 Å². The summed E-state index contributed by atoms with van der Waals surface area (Å²) in [7, 11) is 1.73. The second kappa shape index (κ2) is 6.38. The molecule has 2 unspecified atom stereocenters. The van der Waals surface area contributed by atoms with Gasteiger partial charge in [0.15, 0.2) is 0 Å². The zero-order valence-corrected chi connectivity index (χ0v) is 12.6. The summed E-state index contributed by atoms with van der Waals surface area (Å²) >= 11 is 0. The zero-order chi connectivity index (χ0) is 13.8. The van der Waals surface area contributed by atoms with Gasteiger partial charge in [0, 0.05) is 23.9 Å². The van der Waals surface area contributed by atoms with E-state index in [2.05, 4.69) is 24.1 Å². The molecular formula is C16H26N2O. The fraction of sp³-hybridized carbons (Fsp3) is 0.688. The van der Waals surface area contributed by atoms with E-state index in [9.17, 15) is 0 Å². The molecule has 2 atom stereocenters. The van der Waals surface area contributed by atoms with E-state index in [0.717, 1.165) is 47.5 Å². The lowest BCUT2D eigenvalue weighted by molar-refractivity contribution is 0.406. The van der Waals surface area contributed by atoms with Gasteiger partial charge in [-0.05, 0) is 45.1 Å². The van der Waals surface area contributed by atoms with Gasteiger partial charge in [-0.2, -0.15) is 0 Å². The average Bonchev–Trinajstić information content (AvgIpc) is 2.79. The van der Waals surface area contributed by atoms with Crippen molar-refractivity contribution in [3.05, 3.63) is 23.0 Å². The Bertz CT molecular complexity index is 431. The first-order chi connectivity index (χ1) is 9.11. The van der Waals surface area contributed by atoms with Crippen molar-refractivity contribution < 1.29 is 4.74 Å². The van der Waals surface area contributed by atoms with Crippen molar-refractivity contribution in [2.75, 3.05) is 13.7 Å². The van der Waals surface area contributed by atoms with Crippen molar-refractivity contribution >= 4 is 0 Å². The molecule has 0 saturated heterocycles. The summed E-state index contributed by atoms with van der Waals surface area (Å²) in [6.45, 7) is 8.44. The third-order valence-electron chi connectivity index (χ3n) is 4.28. The van der Waals surface area contributed by atoms with Gasteiger partial charge in [0.2, 0.25) is 0 Å². The molecule has 0 bridgehead atoms. The van der Waals surface area contributed by atoms with Crippen molar-refractivity contribution in [3.8, 4) is 5.75 Å². The molecule has 1 N–H and O–H groups in total. The Kier molecular flexibility index (Phi) is 4.81. The van der Waals surface area contributed by atoms with Crippen molar-refractivity contribution in [2.24, 2.45) is 11.8 Å². The van der Waals surface area contributed by atoms with E-state index in [1.165, 1.54) is 19.3 Å². The lowest BCUT2D eigenvalue weighted by Gasteiger charge is -2.14. The quantitative estimate of drug-likeness (QED) is 0.884. The van der Waals surface area contributed by atoms with E-state index in [4.69, 9.17) is 4.74 Å². The Morgan fingerprint density at radius 1 is 1.37 bits per heavy atom. The van der Waals surface area contributed by atoms with Crippen LogP contribution in [-0.4, -0.2) is 18.6 Å². The molecule has 1 aliphatic carbocycles. The number of nitrogens with zero attached hydrogens (tertiary/aromatic N) is 1. The normalized spacial score (nSPS) is 22.7. The largest absolute Gasteiger partial charge is 0.496 e. The van der Waals surface area contributed by atoms with E-state index < -0.39 is 0 Å². The Labute approximate surface area is 116 Å². The standard InChI is InChI=1S/C16H26N2O/c1-11-5-6-14(7-11)9-17-10-15-13(3)16(19-4)12(2)8-18-15/h8,11,14,17H,5-7,9-10H2,1-4H3. The predicted octanol–water partition coefficient (Wildman–Crippen LogP) is 3.23. The minimum atomic E-state index is 0.841. The van der Waals surface area contributed by atoms with Crippen LogP contribution in [0.1, 0.15) is 43.0 Å². The van der Waals surface area contributed by atoms with Gasteiger partial charge in [0.25, 0.3) is 0 Å². The number of methoxy groups -OCH3 is 1. The number of rotatable bonds is 5.